The summed E-state index contributed by atoms with van der Waals surface area (Å²) in [7, 11) is 0. The fraction of sp³-hybridized carbons (Fsp3) is 0.915. The molecule has 0 aromatic rings. The maximum absolute atomic E-state index is 13.4. The molecule has 0 aliphatic carbocycles. The van der Waals surface area contributed by atoms with Crippen LogP contribution in [0, 0.1) is 0 Å². The van der Waals surface area contributed by atoms with Crippen molar-refractivity contribution in [2.45, 2.75) is 292 Å². The molecule has 0 unspecified atom stereocenters. The van der Waals surface area contributed by atoms with Gasteiger partial charge < -0.3 is 210 Å². The predicted molar refractivity (Wildman–Crippen MR) is 327 cm³/mol. The number of aliphatic carboxylic acids is 1. The minimum atomic E-state index is -3.30. The van der Waals surface area contributed by atoms with Crippen LogP contribution >= 0.6 is 0 Å². The van der Waals surface area contributed by atoms with Crippen LogP contribution in [0.5, 0.6) is 0 Å². The van der Waals surface area contributed by atoms with Crippen LogP contribution in [-0.2, 0) is 95.0 Å². The number of hydrogen-bond donors (Lipinski definition) is 27. The van der Waals surface area contributed by atoms with Crippen LogP contribution in [0.15, 0.2) is 0 Å². The third kappa shape index (κ3) is 19.1. The van der Waals surface area contributed by atoms with Gasteiger partial charge in [-0.2, -0.15) is 0 Å². The lowest BCUT2D eigenvalue weighted by Gasteiger charge is -2.52. The largest absolute Gasteiger partial charge is 0.477 e. The van der Waals surface area contributed by atoms with Crippen LogP contribution < -0.4 is 21.3 Å². The number of carbonyl (C=O) groups excluding carboxylic acids is 4. The quantitative estimate of drug-likeness (QED) is 0.0346. The highest BCUT2D eigenvalue weighted by Gasteiger charge is 2.63. The molecule has 47 heteroatoms. The summed E-state index contributed by atoms with van der Waals surface area (Å²) in [5.74, 6) is -9.09. The first-order chi connectivity index (χ1) is 49.9. The summed E-state index contributed by atoms with van der Waals surface area (Å²) in [4.78, 5) is 64.3. The van der Waals surface area contributed by atoms with Gasteiger partial charge in [-0.05, 0) is 6.92 Å². The fourth-order valence-corrected chi connectivity index (χ4v) is 13.6. The Morgan fingerprint density at radius 1 is 0.406 bits per heavy atom. The van der Waals surface area contributed by atoms with Crippen LogP contribution in [0.25, 0.3) is 0 Å². The van der Waals surface area contributed by atoms with Gasteiger partial charge in [0, 0.05) is 34.1 Å². The monoisotopic (exact) mass is 1550 g/mol. The summed E-state index contributed by atoms with van der Waals surface area (Å²) >= 11 is 0. The summed E-state index contributed by atoms with van der Waals surface area (Å²) in [6.45, 7) is -2.73. The number of nitrogens with one attached hydrogen (secondary N) is 4. The normalized spacial score (nSPS) is 47.2. The number of carboxylic acid groups (broad SMARTS) is 1. The second-order valence-corrected chi connectivity index (χ2v) is 26.8. The molecule has 8 aliphatic heterocycles. The van der Waals surface area contributed by atoms with E-state index in [4.69, 9.17) is 71.1 Å². The predicted octanol–water partition coefficient (Wildman–Crippen LogP) is -17.6. The SMILES string of the molecule is CC(=O)N[C@@H]1[C@@H](O[C@@H]2O[C@H](CO)[C@H](O)[C@H](O[C@@H]3O[C@H](CO)[C@@H](O[C@@H]4O[C@H](CO)[C@H](O)[C@H](O)[C@H]4O)[C@H](O)[C@H]3NC(C)=O)[C@H]2O)[C@@H](O)[C@@H](CO[C@@H]2O[C@H](CO)[C@@H](O[C@@H]3O[C@H](CO)[C@H](O)[C@H](O[C@]4(C(=O)O)C[C@H](O)[C@@H](NC(C)=O)[C@H]([C@H](O)[C@H](O)CO)O4)[C@H]3O)[C@H](O[C@@H]3O[C@@H](C)[C@@H](O)[C@@H](O)[C@@H]3O)[C@H]2NC(C)=O)O[C@@H]1O. The minimum Gasteiger partial charge on any atom is -0.477 e. The molecule has 8 saturated heterocycles. The van der Waals surface area contributed by atoms with E-state index in [1.807, 2.05) is 0 Å². The molecule has 8 rings (SSSR count). The lowest BCUT2D eigenvalue weighted by molar-refractivity contribution is -0.392. The number of amides is 4. The lowest BCUT2D eigenvalue weighted by Crippen LogP contribution is -2.71. The molecule has 0 saturated carbocycles. The molecule has 0 radical (unpaired) electrons. The van der Waals surface area contributed by atoms with E-state index in [0.29, 0.717) is 0 Å². The topological polar surface area (TPSA) is 737 Å². The van der Waals surface area contributed by atoms with Crippen molar-refractivity contribution in [2.24, 2.45) is 0 Å². The highest BCUT2D eigenvalue weighted by Crippen LogP contribution is 2.41. The van der Waals surface area contributed by atoms with Gasteiger partial charge in [0.1, 0.15) is 183 Å². The Morgan fingerprint density at radius 3 is 1.36 bits per heavy atom. The molecule has 612 valence electrons. The fourth-order valence-electron chi connectivity index (χ4n) is 13.6. The summed E-state index contributed by atoms with van der Waals surface area (Å²) in [5, 5.41) is 262. The van der Waals surface area contributed by atoms with Gasteiger partial charge in [-0.3, -0.25) is 19.2 Å². The number of ether oxygens (including phenoxy) is 15. The van der Waals surface area contributed by atoms with Gasteiger partial charge in [0.25, 0.3) is 5.79 Å². The van der Waals surface area contributed by atoms with Crippen molar-refractivity contribution in [1.82, 2.24) is 21.3 Å². The maximum atomic E-state index is 13.4. The minimum absolute atomic E-state index is 0.868. The van der Waals surface area contributed by atoms with Gasteiger partial charge in [-0.15, -0.1) is 0 Å². The van der Waals surface area contributed by atoms with E-state index < -0.39 is 333 Å². The summed E-state index contributed by atoms with van der Waals surface area (Å²) in [5.41, 5.74) is 0. The molecule has 47 nitrogen and oxygen atoms in total. The zero-order valence-electron chi connectivity index (χ0n) is 57.2. The zero-order valence-corrected chi connectivity index (χ0v) is 57.2. The molecular formula is C59H98N4O43. The van der Waals surface area contributed by atoms with Crippen LogP contribution in [0.4, 0.5) is 0 Å². The molecule has 4 amide bonds. The van der Waals surface area contributed by atoms with E-state index in [2.05, 4.69) is 21.3 Å². The number of carbonyl (C=O) groups is 5. The highest BCUT2D eigenvalue weighted by molar-refractivity contribution is 5.77. The molecule has 27 N–H and O–H groups in total. The second-order valence-electron chi connectivity index (χ2n) is 26.8. The van der Waals surface area contributed by atoms with E-state index in [0.717, 1.165) is 27.7 Å². The average molecular weight is 1550 g/mol. The average Bonchev–Trinajstić information content (AvgIpc) is 0.752. The van der Waals surface area contributed by atoms with E-state index in [-0.39, 0.29) is 0 Å². The van der Waals surface area contributed by atoms with Crippen molar-refractivity contribution in [2.75, 3.05) is 46.2 Å². The first kappa shape index (κ1) is 87.4. The summed E-state index contributed by atoms with van der Waals surface area (Å²) < 4.78 is 88.3. The molecular weight excluding hydrogens is 1450 g/mol. The Balaban J connectivity index is 1.07. The Bertz CT molecular complexity index is 2850. The Morgan fingerprint density at radius 2 is 0.821 bits per heavy atom. The smallest absolute Gasteiger partial charge is 0.364 e. The van der Waals surface area contributed by atoms with Crippen LogP contribution in [0.3, 0.4) is 0 Å². The molecule has 0 spiro atoms. The van der Waals surface area contributed by atoms with Crippen LogP contribution in [0.2, 0.25) is 0 Å². The Kier molecular flexibility index (Phi) is 30.9. The zero-order chi connectivity index (χ0) is 78.6. The third-order valence-corrected chi connectivity index (χ3v) is 19.2. The maximum Gasteiger partial charge on any atom is 0.364 e. The van der Waals surface area contributed by atoms with Crippen molar-refractivity contribution in [3.05, 3.63) is 0 Å². The van der Waals surface area contributed by atoms with Gasteiger partial charge in [-0.25, -0.2) is 4.79 Å². The molecule has 8 heterocycles. The van der Waals surface area contributed by atoms with E-state index >= 15 is 0 Å². The number of carboxylic acids is 1. The summed E-state index contributed by atoms with van der Waals surface area (Å²) in [6, 6.07) is -7.38. The second kappa shape index (κ2) is 37.5. The molecule has 0 aromatic heterocycles. The number of aliphatic hydroxyl groups excluding tert-OH is 22. The third-order valence-electron chi connectivity index (χ3n) is 19.2. The Labute approximate surface area is 600 Å². The Hall–Kier alpha value is -4.13. The molecule has 0 aromatic carbocycles. The van der Waals surface area contributed by atoms with Crippen molar-refractivity contribution in [1.29, 1.82) is 0 Å². The number of aliphatic hydroxyl groups is 22. The van der Waals surface area contributed by atoms with E-state index in [1.54, 1.807) is 0 Å². The van der Waals surface area contributed by atoms with E-state index in [1.165, 1.54) is 6.92 Å². The van der Waals surface area contributed by atoms with Crippen LogP contribution in [0.1, 0.15) is 41.0 Å². The first-order valence-electron chi connectivity index (χ1n) is 33.6. The standard InChI is InChI=1S/C59H98N4O43/c1-14-31(76)38(83)40(85)54(93-14)103-48-30(63-18(5)73)52(98-25(12-69)45(48)101-57-43(88)50(35(80)23(10-67)97-57)106-59(58(90)91)6-19(74)27(60-15(2)70)47(105-59)32(77)20(75)7-64)92-13-26-36(81)46(29(51(89)94-26)62-17(4)72)102-56-42(87)49(34(79)22(9-66)96-56)104-53-28(61-16(3)71)37(82)44(24(11-68)99-53)100-55-41(86)39(84)33(78)21(8-65)95-55/h14,19-57,64-69,74-89H,6-13H2,1-5H3,(H,60,70)(H,61,71)(H,62,72)(H,63,73)(H,90,91)/t14-,19-,20+,21+,22+,23+,24+,25+,26+,27+,28+,29+,30+,31+,32+,33-,34-,35-,36-,37+,38+,39-,40-,41+,42+,43+,44+,45+,46+,47+,48+,49-,50-,51-,52+,53-,54-,55-,56-,57-,59-/m0/s1. The molecule has 8 aliphatic rings. The van der Waals surface area contributed by atoms with Crippen LogP contribution in [-0.4, -0.2) is 444 Å². The van der Waals surface area contributed by atoms with Gasteiger partial charge in [0.2, 0.25) is 23.6 Å². The van der Waals surface area contributed by atoms with Crippen molar-refractivity contribution in [3.63, 3.8) is 0 Å². The summed E-state index contributed by atoms with van der Waals surface area (Å²) in [6.07, 6.45) is -75.5. The van der Waals surface area contributed by atoms with Gasteiger partial charge in [0.05, 0.1) is 64.5 Å². The lowest BCUT2D eigenvalue weighted by atomic mass is 9.88. The molecule has 8 fully saturated rings. The molecule has 41 atom stereocenters. The van der Waals surface area contributed by atoms with Crippen molar-refractivity contribution < 1.29 is 212 Å². The highest BCUT2D eigenvalue weighted by atomic mass is 16.8. The van der Waals surface area contributed by atoms with Crippen molar-refractivity contribution in [3.8, 4) is 0 Å². The number of rotatable bonds is 28. The first-order valence-corrected chi connectivity index (χ1v) is 33.6. The van der Waals surface area contributed by atoms with Crippen molar-refractivity contribution >= 4 is 29.6 Å². The van der Waals surface area contributed by atoms with Gasteiger partial charge >= 0.3 is 5.97 Å². The van der Waals surface area contributed by atoms with Gasteiger partial charge in [0.15, 0.2) is 44.0 Å². The van der Waals surface area contributed by atoms with Gasteiger partial charge in [-0.1, -0.05) is 0 Å². The van der Waals surface area contributed by atoms with E-state index in [9.17, 15) is 141 Å². The molecule has 106 heavy (non-hydrogen) atoms. The number of hydrogen-bond acceptors (Lipinski definition) is 42. The molecule has 0 bridgehead atoms.